The first-order valence-electron chi connectivity index (χ1n) is 6.11. The number of benzene rings is 1. The van der Waals surface area contributed by atoms with E-state index in [1.165, 1.54) is 0 Å². The molecule has 0 saturated carbocycles. The van der Waals surface area contributed by atoms with Gasteiger partial charge in [-0.05, 0) is 24.8 Å². The summed E-state index contributed by atoms with van der Waals surface area (Å²) in [6, 6.07) is 9.61. The molecule has 3 nitrogen and oxygen atoms in total. The van der Waals surface area contributed by atoms with Gasteiger partial charge in [-0.1, -0.05) is 44.2 Å². The van der Waals surface area contributed by atoms with Gasteiger partial charge < -0.3 is 11.1 Å². The van der Waals surface area contributed by atoms with Crippen LogP contribution in [-0.2, 0) is 4.79 Å². The van der Waals surface area contributed by atoms with Crippen LogP contribution < -0.4 is 11.1 Å². The lowest BCUT2D eigenvalue weighted by Crippen LogP contribution is -2.40. The Morgan fingerprint density at radius 2 is 1.78 bits per heavy atom. The van der Waals surface area contributed by atoms with Gasteiger partial charge in [0.25, 0.3) is 0 Å². The summed E-state index contributed by atoms with van der Waals surface area (Å²) < 4.78 is 0. The Balaban J connectivity index is 0.00000289. The number of rotatable bonds is 5. The van der Waals surface area contributed by atoms with Crippen LogP contribution in [0.3, 0.4) is 0 Å². The number of halogens is 1. The van der Waals surface area contributed by atoms with Crippen LogP contribution in [0.5, 0.6) is 0 Å². The SMILES string of the molecule is CC(C)CC(NC(=O)C(C)N)c1ccccc1.Cl. The number of carbonyl (C=O) groups excluding carboxylic acids is 1. The maximum absolute atomic E-state index is 11.7. The van der Waals surface area contributed by atoms with Gasteiger partial charge in [-0.15, -0.1) is 12.4 Å². The van der Waals surface area contributed by atoms with Crippen molar-refractivity contribution in [3.8, 4) is 0 Å². The summed E-state index contributed by atoms with van der Waals surface area (Å²) in [4.78, 5) is 11.7. The van der Waals surface area contributed by atoms with Crippen molar-refractivity contribution in [1.29, 1.82) is 0 Å². The van der Waals surface area contributed by atoms with Gasteiger partial charge in [-0.25, -0.2) is 0 Å². The molecule has 2 unspecified atom stereocenters. The highest BCUT2D eigenvalue weighted by molar-refractivity contribution is 5.85. The molecule has 2 atom stereocenters. The number of amides is 1. The molecule has 0 bridgehead atoms. The summed E-state index contributed by atoms with van der Waals surface area (Å²) in [5.41, 5.74) is 6.72. The van der Waals surface area contributed by atoms with Crippen molar-refractivity contribution in [1.82, 2.24) is 5.32 Å². The minimum absolute atomic E-state index is 0. The van der Waals surface area contributed by atoms with Gasteiger partial charge in [0.05, 0.1) is 12.1 Å². The number of nitrogens with one attached hydrogen (secondary N) is 1. The fourth-order valence-corrected chi connectivity index (χ4v) is 1.74. The fourth-order valence-electron chi connectivity index (χ4n) is 1.74. The van der Waals surface area contributed by atoms with Crippen LogP contribution in [0.25, 0.3) is 0 Å². The molecule has 0 fully saturated rings. The van der Waals surface area contributed by atoms with Gasteiger partial charge in [0.2, 0.25) is 5.91 Å². The van der Waals surface area contributed by atoms with Crippen LogP contribution in [0.15, 0.2) is 30.3 Å². The first kappa shape index (κ1) is 16.9. The molecule has 3 N–H and O–H groups in total. The third-order valence-electron chi connectivity index (χ3n) is 2.64. The number of carbonyl (C=O) groups is 1. The van der Waals surface area contributed by atoms with Gasteiger partial charge in [0.15, 0.2) is 0 Å². The zero-order chi connectivity index (χ0) is 12.8. The van der Waals surface area contributed by atoms with E-state index in [9.17, 15) is 4.79 Å². The van der Waals surface area contributed by atoms with Crippen molar-refractivity contribution < 1.29 is 4.79 Å². The number of hydrogen-bond donors (Lipinski definition) is 2. The molecule has 1 aromatic carbocycles. The van der Waals surface area contributed by atoms with Gasteiger partial charge >= 0.3 is 0 Å². The molecule has 18 heavy (non-hydrogen) atoms. The van der Waals surface area contributed by atoms with Crippen LogP contribution in [0, 0.1) is 5.92 Å². The average Bonchev–Trinajstić information content (AvgIpc) is 2.28. The van der Waals surface area contributed by atoms with E-state index < -0.39 is 6.04 Å². The molecule has 1 aromatic rings. The molecule has 0 saturated heterocycles. The molecule has 0 aliphatic carbocycles. The monoisotopic (exact) mass is 270 g/mol. The molecular weight excluding hydrogens is 248 g/mol. The summed E-state index contributed by atoms with van der Waals surface area (Å²) in [5, 5.41) is 3.00. The second-order valence-corrected chi connectivity index (χ2v) is 4.89. The Morgan fingerprint density at radius 1 is 1.22 bits per heavy atom. The Kier molecular flexibility index (Phi) is 7.64. The van der Waals surface area contributed by atoms with E-state index in [0.717, 1.165) is 12.0 Å². The topological polar surface area (TPSA) is 55.1 Å². The smallest absolute Gasteiger partial charge is 0.237 e. The molecule has 0 spiro atoms. The summed E-state index contributed by atoms with van der Waals surface area (Å²) in [6.45, 7) is 5.99. The van der Waals surface area contributed by atoms with Crippen molar-refractivity contribution in [2.75, 3.05) is 0 Å². The van der Waals surface area contributed by atoms with Crippen molar-refractivity contribution in [2.45, 2.75) is 39.3 Å². The predicted molar refractivity (Wildman–Crippen MR) is 77.7 cm³/mol. The molecular formula is C14H23ClN2O. The maximum Gasteiger partial charge on any atom is 0.237 e. The van der Waals surface area contributed by atoms with Gasteiger partial charge in [0, 0.05) is 0 Å². The first-order valence-corrected chi connectivity index (χ1v) is 6.11. The van der Waals surface area contributed by atoms with E-state index in [2.05, 4.69) is 19.2 Å². The Labute approximate surface area is 116 Å². The van der Waals surface area contributed by atoms with Crippen molar-refractivity contribution in [3.05, 3.63) is 35.9 Å². The third kappa shape index (κ3) is 5.52. The van der Waals surface area contributed by atoms with Crippen LogP contribution in [0.4, 0.5) is 0 Å². The van der Waals surface area contributed by atoms with E-state index in [1.807, 2.05) is 30.3 Å². The quantitative estimate of drug-likeness (QED) is 0.864. The molecule has 0 aliphatic rings. The molecule has 0 aliphatic heterocycles. The molecule has 0 heterocycles. The zero-order valence-electron chi connectivity index (χ0n) is 11.2. The first-order chi connectivity index (χ1) is 8.00. The van der Waals surface area contributed by atoms with Crippen LogP contribution in [0.2, 0.25) is 0 Å². The van der Waals surface area contributed by atoms with E-state index in [0.29, 0.717) is 5.92 Å². The number of hydrogen-bond acceptors (Lipinski definition) is 2. The van der Waals surface area contributed by atoms with Crippen LogP contribution in [0.1, 0.15) is 38.8 Å². The second-order valence-electron chi connectivity index (χ2n) is 4.89. The fraction of sp³-hybridized carbons (Fsp3) is 0.500. The van der Waals surface area contributed by atoms with E-state index in [1.54, 1.807) is 6.92 Å². The maximum atomic E-state index is 11.7. The van der Waals surface area contributed by atoms with Gasteiger partial charge in [-0.2, -0.15) is 0 Å². The Bertz CT molecular complexity index is 352. The molecule has 0 radical (unpaired) electrons. The number of nitrogens with two attached hydrogens (primary N) is 1. The summed E-state index contributed by atoms with van der Waals surface area (Å²) in [7, 11) is 0. The lowest BCUT2D eigenvalue weighted by molar-refractivity contribution is -0.122. The highest BCUT2D eigenvalue weighted by Gasteiger charge is 2.17. The van der Waals surface area contributed by atoms with E-state index >= 15 is 0 Å². The normalized spacial score (nSPS) is 13.6. The highest BCUT2D eigenvalue weighted by atomic mass is 35.5. The van der Waals surface area contributed by atoms with E-state index in [-0.39, 0.29) is 24.4 Å². The molecule has 1 rings (SSSR count). The molecule has 4 heteroatoms. The lowest BCUT2D eigenvalue weighted by Gasteiger charge is -2.22. The Hall–Kier alpha value is -1.06. The van der Waals surface area contributed by atoms with Crippen LogP contribution >= 0.6 is 12.4 Å². The second kappa shape index (κ2) is 8.11. The largest absolute Gasteiger partial charge is 0.348 e. The lowest BCUT2D eigenvalue weighted by atomic mass is 9.97. The summed E-state index contributed by atoms with van der Waals surface area (Å²) in [5.74, 6) is 0.424. The third-order valence-corrected chi connectivity index (χ3v) is 2.64. The molecule has 0 aromatic heterocycles. The molecule has 102 valence electrons. The zero-order valence-corrected chi connectivity index (χ0v) is 12.0. The average molecular weight is 271 g/mol. The minimum atomic E-state index is -0.464. The standard InChI is InChI=1S/C14H22N2O.ClH/c1-10(2)9-13(16-14(17)11(3)15)12-7-5-4-6-8-12;/h4-8,10-11,13H,9,15H2,1-3H3,(H,16,17);1H. The summed E-state index contributed by atoms with van der Waals surface area (Å²) in [6.07, 6.45) is 0.919. The van der Waals surface area contributed by atoms with Gasteiger partial charge in [0.1, 0.15) is 0 Å². The summed E-state index contributed by atoms with van der Waals surface area (Å²) >= 11 is 0. The highest BCUT2D eigenvalue weighted by Crippen LogP contribution is 2.20. The van der Waals surface area contributed by atoms with Crippen LogP contribution in [-0.4, -0.2) is 11.9 Å². The Morgan fingerprint density at radius 3 is 2.22 bits per heavy atom. The van der Waals surface area contributed by atoms with Gasteiger partial charge in [-0.3, -0.25) is 4.79 Å². The van der Waals surface area contributed by atoms with E-state index in [4.69, 9.17) is 5.73 Å². The van der Waals surface area contributed by atoms with Crippen molar-refractivity contribution in [2.24, 2.45) is 11.7 Å². The van der Waals surface area contributed by atoms with Crippen molar-refractivity contribution >= 4 is 18.3 Å². The molecule has 1 amide bonds. The minimum Gasteiger partial charge on any atom is -0.348 e. The predicted octanol–water partition coefficient (Wildman–Crippen LogP) is 2.66. The van der Waals surface area contributed by atoms with Crippen molar-refractivity contribution in [3.63, 3.8) is 0 Å².